The van der Waals surface area contributed by atoms with Gasteiger partial charge in [-0.2, -0.15) is 0 Å². The van der Waals surface area contributed by atoms with E-state index in [1.807, 2.05) is 113 Å². The number of rotatable bonds is 27. The number of amides is 1. The summed E-state index contributed by atoms with van der Waals surface area (Å²) in [6, 6.07) is 32.7. The second-order valence-electron chi connectivity index (χ2n) is 20.9. The van der Waals surface area contributed by atoms with E-state index >= 15 is 4.57 Å². The first-order valence-electron chi connectivity index (χ1n) is 28.1. The van der Waals surface area contributed by atoms with Crippen molar-refractivity contribution in [2.75, 3.05) is 46.0 Å². The first kappa shape index (κ1) is 64.3. The molecule has 9 atom stereocenters. The molecule has 4 heterocycles. The van der Waals surface area contributed by atoms with Crippen LogP contribution in [0.25, 0.3) is 11.2 Å². The summed E-state index contributed by atoms with van der Waals surface area (Å²) in [7, 11) is -1.23. The van der Waals surface area contributed by atoms with Crippen LogP contribution in [0.4, 0.5) is 5.82 Å². The summed E-state index contributed by atoms with van der Waals surface area (Å²) < 4.78 is 92.7. The first-order chi connectivity index (χ1) is 41.2. The fourth-order valence-electron chi connectivity index (χ4n) is 10.6. The van der Waals surface area contributed by atoms with Crippen molar-refractivity contribution in [3.05, 3.63) is 144 Å². The molecule has 2 aromatic heterocycles. The quantitative estimate of drug-likeness (QED) is 0.0166. The number of methoxy groups -OCH3 is 2. The number of carbonyl (C=O) groups excluding carboxylic acids is 5. The summed E-state index contributed by atoms with van der Waals surface area (Å²) in [5.74, 6) is -2.04. The molecule has 0 radical (unpaired) electrons. The van der Waals surface area contributed by atoms with Crippen molar-refractivity contribution >= 4 is 54.5 Å². The summed E-state index contributed by atoms with van der Waals surface area (Å²) in [6.45, 7) is 11.0. The minimum Gasteiger partial charge on any atom is -0.497 e. The SMILES string of the molecule is COc1ccc(C(OC[C@H]2O[C@@H](n3cnc4c(NC(=O)c5ccccc5)ncnc43)C[C@@H]2OP(=O)(OCCCO[C@@H]2O[C@H](COC(C)=O)[C@@H](OC(C)=O)[C@H](OC(C)=O)[C@H]2OC(C)=O)N(C(C)C)C(C)C)(c2ccccc2)c2ccc(OC)cc2)cc1. The van der Waals surface area contributed by atoms with Crippen molar-refractivity contribution in [3.8, 4) is 11.5 Å². The number of imidazole rings is 1. The Hall–Kier alpha value is -7.67. The summed E-state index contributed by atoms with van der Waals surface area (Å²) >= 11 is 0. The highest BCUT2D eigenvalue weighted by molar-refractivity contribution is 7.51. The molecule has 4 aromatic carbocycles. The Balaban J connectivity index is 1.13. The van der Waals surface area contributed by atoms with Crippen molar-refractivity contribution in [3.63, 3.8) is 0 Å². The van der Waals surface area contributed by atoms with Crippen LogP contribution in [0, 0.1) is 0 Å². The van der Waals surface area contributed by atoms with Crippen molar-refractivity contribution < 1.29 is 85.0 Å². The second-order valence-corrected chi connectivity index (χ2v) is 22.7. The van der Waals surface area contributed by atoms with Crippen molar-refractivity contribution in [2.45, 2.75) is 135 Å². The number of esters is 4. The maximum absolute atomic E-state index is 16.1. The van der Waals surface area contributed by atoms with E-state index in [1.165, 1.54) is 19.6 Å². The fraction of sp³-hybridized carbons (Fsp3) is 0.443. The van der Waals surface area contributed by atoms with Gasteiger partial charge in [0.25, 0.3) is 5.91 Å². The molecule has 0 spiro atoms. The summed E-state index contributed by atoms with van der Waals surface area (Å²) in [5.41, 5.74) is 1.97. The predicted octanol–water partition coefficient (Wildman–Crippen LogP) is 8.51. The van der Waals surface area contributed by atoms with Crippen LogP contribution in [0.1, 0.15) is 102 Å². The van der Waals surface area contributed by atoms with Crippen LogP contribution >= 0.6 is 7.75 Å². The van der Waals surface area contributed by atoms with Gasteiger partial charge in [-0.25, -0.2) is 24.2 Å². The highest BCUT2D eigenvalue weighted by Gasteiger charge is 2.53. The number of nitrogens with one attached hydrogen (secondary N) is 1. The van der Waals surface area contributed by atoms with Gasteiger partial charge in [0.15, 0.2) is 41.6 Å². The molecule has 2 saturated heterocycles. The molecule has 0 saturated carbocycles. The standard InChI is InChI=1S/C61H73N6O18P/c1-37(2)67(38(3)4)86(73,79-31-17-30-76-60-56(82-42(8)71)55(81-41(7)70)54(80-40(6)69)51(84-60)33-77-39(5)68)85-49-32-52(66-36-64-53-57(62-35-63-58(53)66)65-59(72)43-18-13-11-14-19-43)83-50(49)34-78-61(44-20-15-12-16-21-44,45-22-26-47(74-9)27-23-45)46-24-28-48(75-10)29-25-46/h11-16,18-29,35-38,49-52,54-56,60H,17,30-34H2,1-10H3,(H,62,63,65,72)/t49-,50+,51+,52+,54+,55-,56+,60+,86?/m0/s1. The molecule has 2 aliphatic heterocycles. The first-order valence-corrected chi connectivity index (χ1v) is 29.6. The zero-order valence-corrected chi connectivity index (χ0v) is 50.5. The van der Waals surface area contributed by atoms with Crippen LogP contribution in [0.5, 0.6) is 11.5 Å². The lowest BCUT2D eigenvalue weighted by Gasteiger charge is -2.44. The van der Waals surface area contributed by atoms with Crippen LogP contribution in [0.15, 0.2) is 122 Å². The Morgan fingerprint density at radius 1 is 0.674 bits per heavy atom. The number of hydrogen-bond donors (Lipinski definition) is 1. The van der Waals surface area contributed by atoms with Crippen molar-refractivity contribution in [2.24, 2.45) is 0 Å². The average Bonchev–Trinajstić information content (AvgIpc) is 1.35. The molecule has 86 heavy (non-hydrogen) atoms. The third-order valence-electron chi connectivity index (χ3n) is 14.1. The molecule has 2 fully saturated rings. The second kappa shape index (κ2) is 29.1. The molecule has 1 N–H and O–H groups in total. The molecule has 25 heteroatoms. The van der Waals surface area contributed by atoms with Gasteiger partial charge in [0.2, 0.25) is 0 Å². The van der Waals surface area contributed by atoms with Crippen LogP contribution in [0.3, 0.4) is 0 Å². The number of carbonyl (C=O) groups is 5. The molecule has 8 rings (SSSR count). The highest BCUT2D eigenvalue weighted by atomic mass is 31.2. The highest BCUT2D eigenvalue weighted by Crippen LogP contribution is 2.58. The average molecular weight is 1210 g/mol. The van der Waals surface area contributed by atoms with E-state index in [0.29, 0.717) is 22.7 Å². The number of hydrogen-bond acceptors (Lipinski definition) is 21. The zero-order valence-electron chi connectivity index (χ0n) is 49.6. The maximum Gasteiger partial charge on any atom is 0.409 e. The lowest BCUT2D eigenvalue weighted by molar-refractivity contribution is -0.308. The molecule has 0 bridgehead atoms. The van der Waals surface area contributed by atoms with E-state index in [4.69, 9.17) is 56.4 Å². The summed E-state index contributed by atoms with van der Waals surface area (Å²) in [5, 5.41) is 2.86. The van der Waals surface area contributed by atoms with E-state index in [0.717, 1.165) is 37.5 Å². The Bertz CT molecular complexity index is 3240. The molecule has 1 amide bonds. The zero-order chi connectivity index (χ0) is 61.7. The molecular weight excluding hydrogens is 1140 g/mol. The third kappa shape index (κ3) is 15.3. The number of fused-ring (bicyclic) bond motifs is 1. The van der Waals surface area contributed by atoms with Crippen LogP contribution in [-0.2, 0) is 76.3 Å². The summed E-state index contributed by atoms with van der Waals surface area (Å²) in [4.78, 5) is 76.3. The van der Waals surface area contributed by atoms with Gasteiger partial charge in [0.1, 0.15) is 54.6 Å². The van der Waals surface area contributed by atoms with Crippen molar-refractivity contribution in [1.82, 2.24) is 24.2 Å². The molecule has 1 unspecified atom stereocenters. The molecule has 24 nitrogen and oxygen atoms in total. The van der Waals surface area contributed by atoms with E-state index in [1.54, 1.807) is 47.7 Å². The van der Waals surface area contributed by atoms with Crippen molar-refractivity contribution in [1.29, 1.82) is 0 Å². The Morgan fingerprint density at radius 3 is 1.81 bits per heavy atom. The van der Waals surface area contributed by atoms with Gasteiger partial charge in [-0.1, -0.05) is 72.8 Å². The Labute approximate surface area is 498 Å². The van der Waals surface area contributed by atoms with Gasteiger partial charge in [0.05, 0.1) is 40.4 Å². The van der Waals surface area contributed by atoms with E-state index < -0.39 is 111 Å². The van der Waals surface area contributed by atoms with E-state index in [-0.39, 0.29) is 44.0 Å². The van der Waals surface area contributed by atoms with Crippen LogP contribution in [0.2, 0.25) is 0 Å². The lowest BCUT2D eigenvalue weighted by atomic mass is 9.80. The van der Waals surface area contributed by atoms with Gasteiger partial charge in [-0.05, 0) is 87.2 Å². The number of ether oxygens (including phenoxy) is 10. The largest absolute Gasteiger partial charge is 0.497 e. The van der Waals surface area contributed by atoms with Crippen LogP contribution < -0.4 is 14.8 Å². The van der Waals surface area contributed by atoms with Gasteiger partial charge in [0, 0.05) is 51.8 Å². The van der Waals surface area contributed by atoms with Crippen LogP contribution in [-0.4, -0.2) is 150 Å². The Morgan fingerprint density at radius 2 is 1.24 bits per heavy atom. The monoisotopic (exact) mass is 1210 g/mol. The molecule has 2 aliphatic rings. The van der Waals surface area contributed by atoms with E-state index in [2.05, 4.69) is 20.3 Å². The minimum atomic E-state index is -4.41. The lowest BCUT2D eigenvalue weighted by Crippen LogP contribution is -2.63. The van der Waals surface area contributed by atoms with Gasteiger partial charge < -0.3 is 52.7 Å². The third-order valence-corrected chi connectivity index (χ3v) is 16.7. The molecule has 0 aliphatic carbocycles. The van der Waals surface area contributed by atoms with Gasteiger partial charge >= 0.3 is 31.6 Å². The van der Waals surface area contributed by atoms with Gasteiger partial charge in [-0.3, -0.25) is 37.6 Å². The molecule has 6 aromatic rings. The fourth-order valence-corrected chi connectivity index (χ4v) is 12.9. The Kier molecular flexibility index (Phi) is 21.8. The summed E-state index contributed by atoms with van der Waals surface area (Å²) in [6.07, 6.45) is -6.97. The topological polar surface area (TPSA) is 272 Å². The predicted molar refractivity (Wildman–Crippen MR) is 310 cm³/mol. The number of benzene rings is 4. The molecular formula is C61H73N6O18P. The number of nitrogens with zero attached hydrogens (tertiary/aromatic N) is 5. The maximum atomic E-state index is 16.1. The molecule has 460 valence electrons. The minimum absolute atomic E-state index is 0.0355. The number of aromatic nitrogens is 4. The van der Waals surface area contributed by atoms with E-state index in [9.17, 15) is 24.0 Å². The number of anilines is 1. The van der Waals surface area contributed by atoms with Gasteiger partial charge in [-0.15, -0.1) is 0 Å². The normalized spacial score (nSPS) is 21.2. The smallest absolute Gasteiger partial charge is 0.409 e.